The van der Waals surface area contributed by atoms with E-state index < -0.39 is 33.7 Å². The second kappa shape index (κ2) is 7.39. The summed E-state index contributed by atoms with van der Waals surface area (Å²) >= 11 is 0. The highest BCUT2D eigenvalue weighted by atomic mass is 32.2. The number of β-amino-alcohol motifs (C(OH)–C–C–N with tert-alkyl or cyclic N) is 1. The summed E-state index contributed by atoms with van der Waals surface area (Å²) in [5, 5.41) is 24.0. The Morgan fingerprint density at radius 1 is 1.16 bits per heavy atom. The summed E-state index contributed by atoms with van der Waals surface area (Å²) < 4.78 is 50.9. The van der Waals surface area contributed by atoms with Crippen molar-refractivity contribution >= 4 is 22.6 Å². The number of hydrogen-bond acceptors (Lipinski definition) is 7. The van der Waals surface area contributed by atoms with Crippen LogP contribution in [0.2, 0.25) is 0 Å². The standard InChI is InChI=1S/C21H23F3N4O3S/c22-21(23,24)14-4-2-13(3-5-14)20(30)10-28(11-20)18-25-15-6-9-32(31)16(15)17(26-18)27-19(12-29)7-1-8-19/h2-5,29-30H,1,6-12H2,(H,25,26,27). The zero-order valence-corrected chi connectivity index (χ0v) is 18.0. The highest BCUT2D eigenvalue weighted by molar-refractivity contribution is 7.85. The van der Waals surface area contributed by atoms with E-state index in [1.54, 1.807) is 4.90 Å². The largest absolute Gasteiger partial charge is 0.416 e. The van der Waals surface area contributed by atoms with Crippen molar-refractivity contribution in [2.45, 2.75) is 47.9 Å². The molecule has 3 N–H and O–H groups in total. The lowest BCUT2D eigenvalue weighted by molar-refractivity contribution is -0.137. The molecule has 0 amide bonds. The number of alkyl halides is 3. The molecule has 1 saturated carbocycles. The molecule has 1 atom stereocenters. The number of nitrogens with zero attached hydrogens (tertiary/aromatic N) is 3. The number of nitrogens with one attached hydrogen (secondary N) is 1. The van der Waals surface area contributed by atoms with Crippen LogP contribution in [-0.2, 0) is 29.0 Å². The quantitative estimate of drug-likeness (QED) is 0.619. The minimum Gasteiger partial charge on any atom is -0.394 e. The van der Waals surface area contributed by atoms with Gasteiger partial charge in [-0.25, -0.2) is 4.98 Å². The van der Waals surface area contributed by atoms with Gasteiger partial charge in [0, 0.05) is 12.2 Å². The highest BCUT2D eigenvalue weighted by Crippen LogP contribution is 2.40. The predicted octanol–water partition coefficient (Wildman–Crippen LogP) is 2.19. The van der Waals surface area contributed by atoms with E-state index in [1.807, 2.05) is 0 Å². The predicted molar refractivity (Wildman–Crippen MR) is 112 cm³/mol. The monoisotopic (exact) mass is 468 g/mol. The zero-order chi connectivity index (χ0) is 22.7. The van der Waals surface area contributed by atoms with Gasteiger partial charge in [-0.15, -0.1) is 0 Å². The molecule has 2 aliphatic heterocycles. The number of halogens is 3. The maximum absolute atomic E-state index is 12.8. The lowest BCUT2D eigenvalue weighted by atomic mass is 9.77. The van der Waals surface area contributed by atoms with Crippen LogP contribution < -0.4 is 10.2 Å². The first-order chi connectivity index (χ1) is 15.1. The van der Waals surface area contributed by atoms with E-state index in [9.17, 15) is 27.6 Å². The van der Waals surface area contributed by atoms with Crippen LogP contribution in [0.15, 0.2) is 29.2 Å². The van der Waals surface area contributed by atoms with Crippen LogP contribution in [0.25, 0.3) is 0 Å². The van der Waals surface area contributed by atoms with Gasteiger partial charge in [-0.05, 0) is 37.0 Å². The molecule has 2 fully saturated rings. The van der Waals surface area contributed by atoms with Crippen molar-refractivity contribution in [3.05, 3.63) is 41.1 Å². The van der Waals surface area contributed by atoms with Gasteiger partial charge in [0.15, 0.2) is 0 Å². The maximum atomic E-state index is 12.8. The first-order valence-electron chi connectivity index (χ1n) is 10.5. The van der Waals surface area contributed by atoms with E-state index in [2.05, 4.69) is 15.3 Å². The summed E-state index contributed by atoms with van der Waals surface area (Å²) in [6.45, 7) is 0.209. The zero-order valence-electron chi connectivity index (χ0n) is 17.2. The Morgan fingerprint density at radius 3 is 2.41 bits per heavy atom. The second-order valence-electron chi connectivity index (χ2n) is 8.83. The van der Waals surface area contributed by atoms with Crippen molar-refractivity contribution in [3.63, 3.8) is 0 Å². The Bertz CT molecular complexity index is 1060. The molecule has 1 unspecified atom stereocenters. The normalized spacial score (nSPS) is 23.3. The van der Waals surface area contributed by atoms with Crippen molar-refractivity contribution in [1.82, 2.24) is 9.97 Å². The third-order valence-corrected chi connectivity index (χ3v) is 8.07. The molecule has 7 nitrogen and oxygen atoms in total. The fourth-order valence-electron chi connectivity index (χ4n) is 4.47. The van der Waals surface area contributed by atoms with Gasteiger partial charge in [0.05, 0.1) is 47.3 Å². The molecule has 32 heavy (non-hydrogen) atoms. The van der Waals surface area contributed by atoms with E-state index >= 15 is 0 Å². The average molecular weight is 469 g/mol. The molecule has 11 heteroatoms. The number of rotatable bonds is 5. The lowest BCUT2D eigenvalue weighted by Crippen LogP contribution is -2.60. The van der Waals surface area contributed by atoms with Crippen LogP contribution in [0.1, 0.15) is 36.1 Å². The van der Waals surface area contributed by atoms with Gasteiger partial charge < -0.3 is 20.4 Å². The fourth-order valence-corrected chi connectivity index (χ4v) is 5.77. The highest BCUT2D eigenvalue weighted by Gasteiger charge is 2.45. The molecule has 1 aromatic carbocycles. The molecule has 2 aromatic rings. The van der Waals surface area contributed by atoms with E-state index in [0.29, 0.717) is 40.1 Å². The van der Waals surface area contributed by atoms with E-state index in [1.165, 1.54) is 12.1 Å². The SMILES string of the molecule is O=S1CCc2nc(N3CC(O)(c4ccc(C(F)(F)F)cc4)C3)nc(NC3(CO)CCC3)c21. The third-order valence-electron chi connectivity index (χ3n) is 6.61. The molecule has 1 aromatic heterocycles. The fraction of sp³-hybridized carbons (Fsp3) is 0.524. The Morgan fingerprint density at radius 2 is 1.84 bits per heavy atom. The minimum absolute atomic E-state index is 0.0505. The summed E-state index contributed by atoms with van der Waals surface area (Å²) in [6, 6.07) is 4.52. The first-order valence-corrected chi connectivity index (χ1v) is 11.8. The summed E-state index contributed by atoms with van der Waals surface area (Å²) in [4.78, 5) is 11.5. The van der Waals surface area contributed by atoms with E-state index in [4.69, 9.17) is 0 Å². The van der Waals surface area contributed by atoms with Crippen molar-refractivity contribution in [1.29, 1.82) is 0 Å². The Balaban J connectivity index is 1.38. The van der Waals surface area contributed by atoms with Crippen molar-refractivity contribution in [2.24, 2.45) is 0 Å². The molecule has 3 aliphatic rings. The minimum atomic E-state index is -4.43. The molecule has 0 spiro atoms. The molecule has 1 aliphatic carbocycles. The number of hydrogen-bond donors (Lipinski definition) is 3. The van der Waals surface area contributed by atoms with Crippen molar-refractivity contribution in [3.8, 4) is 0 Å². The number of aliphatic hydroxyl groups excluding tert-OH is 1. The van der Waals surface area contributed by atoms with Crippen LogP contribution in [0, 0.1) is 0 Å². The molecule has 0 bridgehead atoms. The van der Waals surface area contributed by atoms with Crippen LogP contribution in [-0.4, -0.2) is 55.4 Å². The maximum Gasteiger partial charge on any atom is 0.416 e. The van der Waals surface area contributed by atoms with Crippen LogP contribution in [0.4, 0.5) is 24.9 Å². The second-order valence-corrected chi connectivity index (χ2v) is 10.3. The Hall–Kier alpha value is -2.24. The number of aryl methyl sites for hydroxylation is 1. The molecule has 0 radical (unpaired) electrons. The topological polar surface area (TPSA) is 98.6 Å². The number of anilines is 2. The van der Waals surface area contributed by atoms with Crippen molar-refractivity contribution < 1.29 is 27.6 Å². The molecule has 3 heterocycles. The number of aromatic nitrogens is 2. The summed E-state index contributed by atoms with van der Waals surface area (Å²) in [6.07, 6.45) is -1.30. The number of fused-ring (bicyclic) bond motifs is 1. The van der Waals surface area contributed by atoms with Crippen LogP contribution in [0.3, 0.4) is 0 Å². The van der Waals surface area contributed by atoms with E-state index in [-0.39, 0.29) is 19.7 Å². The Kier molecular flexibility index (Phi) is 4.99. The lowest BCUT2D eigenvalue weighted by Gasteiger charge is -2.47. The smallest absolute Gasteiger partial charge is 0.394 e. The number of aliphatic hydroxyl groups is 2. The molecular weight excluding hydrogens is 445 g/mol. The molecule has 1 saturated heterocycles. The van der Waals surface area contributed by atoms with Gasteiger partial charge in [0.2, 0.25) is 5.95 Å². The molecule has 5 rings (SSSR count). The van der Waals surface area contributed by atoms with Crippen LogP contribution >= 0.6 is 0 Å². The van der Waals surface area contributed by atoms with Gasteiger partial charge in [-0.2, -0.15) is 18.2 Å². The van der Waals surface area contributed by atoms with Gasteiger partial charge in [-0.3, -0.25) is 4.21 Å². The first kappa shape index (κ1) is 21.6. The Labute approximate surface area is 185 Å². The van der Waals surface area contributed by atoms with E-state index in [0.717, 1.165) is 31.4 Å². The molecular formula is C21H23F3N4O3S. The average Bonchev–Trinajstić information content (AvgIpc) is 3.08. The molecule has 172 valence electrons. The van der Waals surface area contributed by atoms with Crippen LogP contribution in [0.5, 0.6) is 0 Å². The summed E-state index contributed by atoms with van der Waals surface area (Å²) in [5.74, 6) is 1.29. The van der Waals surface area contributed by atoms with Gasteiger partial charge in [0.1, 0.15) is 16.3 Å². The van der Waals surface area contributed by atoms with Crippen molar-refractivity contribution in [2.75, 3.05) is 35.7 Å². The van der Waals surface area contributed by atoms with Gasteiger partial charge >= 0.3 is 6.18 Å². The third kappa shape index (κ3) is 3.56. The van der Waals surface area contributed by atoms with Gasteiger partial charge in [0.25, 0.3) is 0 Å². The summed E-state index contributed by atoms with van der Waals surface area (Å²) in [7, 11) is -1.21. The number of benzene rings is 1. The summed E-state index contributed by atoms with van der Waals surface area (Å²) in [5.41, 5.74) is -1.45. The van der Waals surface area contributed by atoms with Gasteiger partial charge in [-0.1, -0.05) is 12.1 Å².